The van der Waals surface area contributed by atoms with Gasteiger partial charge in [-0.2, -0.15) is 0 Å². The largest absolute Gasteiger partial charge is 0.397 e. The van der Waals surface area contributed by atoms with E-state index in [1.54, 1.807) is 12.1 Å². The molecule has 1 rings (SSSR count). The summed E-state index contributed by atoms with van der Waals surface area (Å²) in [6.45, 7) is 5.48. The van der Waals surface area contributed by atoms with E-state index in [1.807, 2.05) is 6.92 Å². The lowest BCUT2D eigenvalue weighted by Gasteiger charge is -1.99. The first-order valence-corrected chi connectivity index (χ1v) is 3.98. The number of nitrogen functional groups attached to an aromatic ring is 1. The Morgan fingerprint density at radius 3 is 2.77 bits per heavy atom. The molecule has 0 amide bonds. The number of hydrogen-bond donors (Lipinski definition) is 1. The summed E-state index contributed by atoms with van der Waals surface area (Å²) in [7, 11) is 0. The number of nitrogens with two attached hydrogens (primary N) is 1. The molecule has 2 N–H and O–H groups in total. The monoisotopic (exact) mass is 176 g/mol. The predicted octanol–water partition coefficient (Wildman–Crippen LogP) is 1.81. The molecule has 0 spiro atoms. The normalized spacial score (nSPS) is 9.62. The highest BCUT2D eigenvalue weighted by atomic mass is 16.1. The number of hydrogen-bond acceptors (Lipinski definition) is 3. The molecule has 0 bridgehead atoms. The van der Waals surface area contributed by atoms with E-state index in [4.69, 9.17) is 5.73 Å². The van der Waals surface area contributed by atoms with Crippen LogP contribution in [0, 0.1) is 0 Å². The Morgan fingerprint density at radius 2 is 2.31 bits per heavy atom. The van der Waals surface area contributed by atoms with E-state index in [0.717, 1.165) is 5.57 Å². The van der Waals surface area contributed by atoms with Crippen molar-refractivity contribution < 1.29 is 4.79 Å². The van der Waals surface area contributed by atoms with Gasteiger partial charge in [0.15, 0.2) is 5.78 Å². The number of anilines is 1. The molecule has 68 valence electrons. The molecule has 1 heterocycles. The first kappa shape index (κ1) is 9.45. The number of Topliss-reactive ketones (excluding diaryl/α,β-unsaturated/α-hetero) is 1. The lowest BCUT2D eigenvalue weighted by Crippen LogP contribution is -2.02. The molecule has 0 aliphatic rings. The van der Waals surface area contributed by atoms with E-state index in [2.05, 4.69) is 11.6 Å². The Labute approximate surface area is 77.3 Å². The van der Waals surface area contributed by atoms with Gasteiger partial charge in [0.1, 0.15) is 5.69 Å². The van der Waals surface area contributed by atoms with Crippen molar-refractivity contribution in [1.29, 1.82) is 0 Å². The Bertz CT molecular complexity index is 327. The number of carbonyl (C=O) groups is 1. The highest BCUT2D eigenvalue weighted by Gasteiger charge is 2.06. The zero-order chi connectivity index (χ0) is 9.84. The van der Waals surface area contributed by atoms with Crippen molar-refractivity contribution in [2.45, 2.75) is 13.3 Å². The van der Waals surface area contributed by atoms with Gasteiger partial charge in [-0.15, -0.1) is 0 Å². The van der Waals surface area contributed by atoms with Gasteiger partial charge in [-0.25, -0.2) is 0 Å². The molecule has 0 aliphatic heterocycles. The van der Waals surface area contributed by atoms with Crippen LogP contribution in [-0.2, 0) is 0 Å². The summed E-state index contributed by atoms with van der Waals surface area (Å²) >= 11 is 0. The average Bonchev–Trinajstić information content (AvgIpc) is 2.04. The van der Waals surface area contributed by atoms with E-state index >= 15 is 0 Å². The highest BCUT2D eigenvalue weighted by molar-refractivity contribution is 5.95. The second-order valence-electron chi connectivity index (χ2n) is 3.03. The topological polar surface area (TPSA) is 56.0 Å². The zero-order valence-corrected chi connectivity index (χ0v) is 7.58. The van der Waals surface area contributed by atoms with Gasteiger partial charge in [0.05, 0.1) is 11.9 Å². The summed E-state index contributed by atoms with van der Waals surface area (Å²) in [4.78, 5) is 15.3. The third-order valence-corrected chi connectivity index (χ3v) is 1.53. The van der Waals surface area contributed by atoms with Crippen LogP contribution in [0.2, 0.25) is 0 Å². The fourth-order valence-corrected chi connectivity index (χ4v) is 0.935. The fraction of sp³-hybridized carbons (Fsp3) is 0.200. The van der Waals surface area contributed by atoms with E-state index in [1.165, 1.54) is 6.20 Å². The maximum Gasteiger partial charge on any atom is 0.185 e. The minimum absolute atomic E-state index is 0.0208. The van der Waals surface area contributed by atoms with Crippen LogP contribution in [0.5, 0.6) is 0 Å². The van der Waals surface area contributed by atoms with E-state index in [9.17, 15) is 4.79 Å². The molecule has 1 aromatic rings. The van der Waals surface area contributed by atoms with Gasteiger partial charge in [-0.1, -0.05) is 12.2 Å². The van der Waals surface area contributed by atoms with Gasteiger partial charge in [-0.3, -0.25) is 9.78 Å². The van der Waals surface area contributed by atoms with Crippen molar-refractivity contribution in [3.63, 3.8) is 0 Å². The van der Waals surface area contributed by atoms with Gasteiger partial charge in [0.25, 0.3) is 0 Å². The number of pyridine rings is 1. The van der Waals surface area contributed by atoms with E-state index in [-0.39, 0.29) is 5.78 Å². The van der Waals surface area contributed by atoms with Gasteiger partial charge < -0.3 is 5.73 Å². The molecule has 0 radical (unpaired) electrons. The summed E-state index contributed by atoms with van der Waals surface area (Å²) < 4.78 is 0. The Morgan fingerprint density at radius 1 is 1.62 bits per heavy atom. The molecule has 1 aromatic heterocycles. The van der Waals surface area contributed by atoms with Gasteiger partial charge in [0.2, 0.25) is 0 Å². The van der Waals surface area contributed by atoms with Crippen molar-refractivity contribution in [2.75, 3.05) is 5.73 Å². The van der Waals surface area contributed by atoms with Crippen molar-refractivity contribution in [1.82, 2.24) is 4.98 Å². The zero-order valence-electron chi connectivity index (χ0n) is 7.58. The minimum Gasteiger partial charge on any atom is -0.397 e. The minimum atomic E-state index is -0.0208. The number of nitrogens with zero attached hydrogens (tertiary/aromatic N) is 1. The van der Waals surface area contributed by atoms with Gasteiger partial charge in [-0.05, 0) is 19.1 Å². The molecule has 0 aromatic carbocycles. The number of allylic oxidation sites excluding steroid dienone is 1. The van der Waals surface area contributed by atoms with Crippen molar-refractivity contribution in [3.8, 4) is 0 Å². The van der Waals surface area contributed by atoms with Crippen LogP contribution in [-0.4, -0.2) is 10.8 Å². The lowest BCUT2D eigenvalue weighted by atomic mass is 10.1. The molecular weight excluding hydrogens is 164 g/mol. The van der Waals surface area contributed by atoms with Crippen LogP contribution in [0.4, 0.5) is 5.69 Å². The van der Waals surface area contributed by atoms with Crippen LogP contribution in [0.15, 0.2) is 30.5 Å². The van der Waals surface area contributed by atoms with Crippen LogP contribution in [0.3, 0.4) is 0 Å². The molecule has 0 aliphatic carbocycles. The molecule has 13 heavy (non-hydrogen) atoms. The molecule has 0 atom stereocenters. The molecule has 0 unspecified atom stereocenters. The Hall–Kier alpha value is -1.64. The SMILES string of the molecule is C=C(C)CC(=O)c1ccc(N)cn1. The van der Waals surface area contributed by atoms with Crippen LogP contribution in [0.25, 0.3) is 0 Å². The maximum atomic E-state index is 11.4. The quantitative estimate of drug-likeness (QED) is 0.564. The first-order valence-electron chi connectivity index (χ1n) is 3.98. The number of aromatic nitrogens is 1. The second kappa shape index (κ2) is 3.85. The molecular formula is C10H12N2O. The summed E-state index contributed by atoms with van der Waals surface area (Å²) in [5.41, 5.74) is 7.28. The number of carbonyl (C=O) groups excluding carboxylic acids is 1. The second-order valence-corrected chi connectivity index (χ2v) is 3.03. The molecule has 3 heteroatoms. The fourth-order valence-electron chi connectivity index (χ4n) is 0.935. The summed E-state index contributed by atoms with van der Waals surface area (Å²) in [5.74, 6) is -0.0208. The lowest BCUT2D eigenvalue weighted by molar-refractivity contribution is 0.0988. The summed E-state index contributed by atoms with van der Waals surface area (Å²) in [6.07, 6.45) is 1.82. The summed E-state index contributed by atoms with van der Waals surface area (Å²) in [6, 6.07) is 3.29. The molecule has 3 nitrogen and oxygen atoms in total. The van der Waals surface area contributed by atoms with Crippen molar-refractivity contribution in [3.05, 3.63) is 36.2 Å². The van der Waals surface area contributed by atoms with Gasteiger partial charge in [0, 0.05) is 6.42 Å². The molecule has 0 saturated heterocycles. The van der Waals surface area contributed by atoms with E-state index in [0.29, 0.717) is 17.8 Å². The number of rotatable bonds is 3. The third kappa shape index (κ3) is 2.71. The number of ketones is 1. The predicted molar refractivity (Wildman–Crippen MR) is 52.4 cm³/mol. The Balaban J connectivity index is 2.78. The highest BCUT2D eigenvalue weighted by Crippen LogP contribution is 2.07. The first-order chi connectivity index (χ1) is 6.09. The van der Waals surface area contributed by atoms with Crippen LogP contribution in [0.1, 0.15) is 23.8 Å². The van der Waals surface area contributed by atoms with Crippen molar-refractivity contribution in [2.24, 2.45) is 0 Å². The average molecular weight is 176 g/mol. The van der Waals surface area contributed by atoms with Gasteiger partial charge >= 0.3 is 0 Å². The van der Waals surface area contributed by atoms with Crippen LogP contribution < -0.4 is 5.73 Å². The standard InChI is InChI=1S/C10H12N2O/c1-7(2)5-10(13)9-4-3-8(11)6-12-9/h3-4,6H,1,5,11H2,2H3. The Kier molecular flexibility index (Phi) is 2.80. The maximum absolute atomic E-state index is 11.4. The summed E-state index contributed by atoms with van der Waals surface area (Å²) in [5, 5.41) is 0. The molecule has 0 fully saturated rings. The third-order valence-electron chi connectivity index (χ3n) is 1.53. The smallest absolute Gasteiger partial charge is 0.185 e. The van der Waals surface area contributed by atoms with Crippen molar-refractivity contribution >= 4 is 11.5 Å². The van der Waals surface area contributed by atoms with E-state index < -0.39 is 0 Å². The van der Waals surface area contributed by atoms with Crippen LogP contribution >= 0.6 is 0 Å². The molecule has 0 saturated carbocycles.